The number of carbonyl (C=O) groups is 1. The first-order chi connectivity index (χ1) is 11.0. The van der Waals surface area contributed by atoms with Crippen molar-refractivity contribution >= 4 is 24.0 Å². The van der Waals surface area contributed by atoms with E-state index < -0.39 is 4.92 Å². The molecule has 0 radical (unpaired) electrons. The number of benzene rings is 1. The molecule has 0 saturated heterocycles. The van der Waals surface area contributed by atoms with Gasteiger partial charge in [0.25, 0.3) is 5.69 Å². The van der Waals surface area contributed by atoms with Crippen molar-refractivity contribution in [1.82, 2.24) is 5.32 Å². The summed E-state index contributed by atoms with van der Waals surface area (Å²) in [6, 6.07) is 6.76. The lowest BCUT2D eigenvalue weighted by Gasteiger charge is -2.45. The smallest absolute Gasteiger partial charge is 0.269 e. The predicted octanol–water partition coefficient (Wildman–Crippen LogP) is 2.58. The number of hydrogen-bond acceptors (Lipinski definition) is 4. The van der Waals surface area contributed by atoms with Crippen molar-refractivity contribution in [3.05, 3.63) is 39.9 Å². The molecule has 3 rings (SSSR count). The minimum absolute atomic E-state index is 0. The van der Waals surface area contributed by atoms with E-state index in [1.54, 1.807) is 12.1 Å². The van der Waals surface area contributed by atoms with Gasteiger partial charge in [0.1, 0.15) is 0 Å². The maximum Gasteiger partial charge on any atom is 0.269 e. The lowest BCUT2D eigenvalue weighted by atomic mass is 9.67. The minimum atomic E-state index is -0.436. The summed E-state index contributed by atoms with van der Waals surface area (Å²) in [4.78, 5) is 22.7. The Bertz CT molecular complexity index is 596. The normalized spacial score (nSPS) is 28.5. The van der Waals surface area contributed by atoms with Crippen LogP contribution in [-0.4, -0.2) is 22.9 Å². The zero-order valence-corrected chi connectivity index (χ0v) is 14.3. The molecule has 1 amide bonds. The molecule has 24 heavy (non-hydrogen) atoms. The van der Waals surface area contributed by atoms with Gasteiger partial charge in [0, 0.05) is 24.2 Å². The van der Waals surface area contributed by atoms with Crippen LogP contribution < -0.4 is 11.1 Å². The van der Waals surface area contributed by atoms with Crippen molar-refractivity contribution in [3.8, 4) is 0 Å². The monoisotopic (exact) mass is 353 g/mol. The summed E-state index contributed by atoms with van der Waals surface area (Å²) in [5, 5.41) is 14.0. The van der Waals surface area contributed by atoms with Crippen LogP contribution in [0.3, 0.4) is 0 Å². The number of non-ortho nitro benzene ring substituents is 1. The molecule has 0 aromatic heterocycles. The van der Waals surface area contributed by atoms with Gasteiger partial charge in [-0.1, -0.05) is 18.6 Å². The SMILES string of the molecule is Cl.NC1CC2CCCC(C1)C2NC(=O)Cc1cccc([N+](=O)[O-])c1. The molecule has 132 valence electrons. The van der Waals surface area contributed by atoms with Crippen molar-refractivity contribution in [2.75, 3.05) is 0 Å². The number of carbonyl (C=O) groups excluding carboxylic acids is 1. The fourth-order valence-electron chi connectivity index (χ4n) is 4.23. The second-order valence-electron chi connectivity index (χ2n) is 6.88. The average molecular weight is 354 g/mol. The quantitative estimate of drug-likeness (QED) is 0.642. The van der Waals surface area contributed by atoms with E-state index in [9.17, 15) is 14.9 Å². The Balaban J connectivity index is 0.00000208. The number of nitro groups is 1. The van der Waals surface area contributed by atoms with Gasteiger partial charge in [0.15, 0.2) is 0 Å². The second kappa shape index (κ2) is 7.94. The van der Waals surface area contributed by atoms with Crippen LogP contribution in [0.25, 0.3) is 0 Å². The summed E-state index contributed by atoms with van der Waals surface area (Å²) in [5.41, 5.74) is 6.81. The zero-order valence-electron chi connectivity index (χ0n) is 13.5. The molecule has 6 nitrogen and oxygen atoms in total. The molecule has 2 bridgehead atoms. The van der Waals surface area contributed by atoms with Gasteiger partial charge in [-0.25, -0.2) is 0 Å². The second-order valence-corrected chi connectivity index (χ2v) is 6.88. The summed E-state index contributed by atoms with van der Waals surface area (Å²) in [5.74, 6) is 0.904. The summed E-state index contributed by atoms with van der Waals surface area (Å²) < 4.78 is 0. The molecule has 0 heterocycles. The van der Waals surface area contributed by atoms with Crippen LogP contribution in [0, 0.1) is 22.0 Å². The molecular formula is C17H24ClN3O3. The van der Waals surface area contributed by atoms with E-state index in [1.807, 2.05) is 0 Å². The Kier molecular flexibility index (Phi) is 6.18. The third kappa shape index (κ3) is 4.24. The standard InChI is InChI=1S/C17H23N3O3.ClH/c18-14-9-12-4-2-5-13(10-14)17(12)19-16(21)8-11-3-1-6-15(7-11)20(22)23;/h1,3,6-7,12-14,17H,2,4-5,8-10,18H2,(H,19,21);1H. The molecule has 2 saturated carbocycles. The van der Waals surface area contributed by atoms with Crippen molar-refractivity contribution in [2.24, 2.45) is 17.6 Å². The van der Waals surface area contributed by atoms with Crippen LogP contribution in [0.15, 0.2) is 24.3 Å². The van der Waals surface area contributed by atoms with Gasteiger partial charge in [-0.05, 0) is 43.1 Å². The molecule has 0 spiro atoms. The molecule has 1 aromatic rings. The topological polar surface area (TPSA) is 98.3 Å². The van der Waals surface area contributed by atoms with Gasteiger partial charge in [0.2, 0.25) is 5.91 Å². The van der Waals surface area contributed by atoms with Gasteiger partial charge < -0.3 is 11.1 Å². The Hall–Kier alpha value is -1.66. The molecule has 2 atom stereocenters. The number of hydrogen-bond donors (Lipinski definition) is 2. The van der Waals surface area contributed by atoms with Crippen molar-refractivity contribution < 1.29 is 9.72 Å². The van der Waals surface area contributed by atoms with Crippen molar-refractivity contribution in [2.45, 2.75) is 50.6 Å². The number of halogens is 1. The van der Waals surface area contributed by atoms with Crippen molar-refractivity contribution in [3.63, 3.8) is 0 Å². The molecule has 2 unspecified atom stereocenters. The number of nitrogens with two attached hydrogens (primary N) is 1. The first kappa shape index (κ1) is 18.7. The van der Waals surface area contributed by atoms with Crippen LogP contribution in [0.2, 0.25) is 0 Å². The fraction of sp³-hybridized carbons (Fsp3) is 0.588. The third-order valence-corrected chi connectivity index (χ3v) is 5.19. The first-order valence-electron chi connectivity index (χ1n) is 8.31. The first-order valence-corrected chi connectivity index (χ1v) is 8.31. The van der Waals surface area contributed by atoms with E-state index in [-0.39, 0.29) is 42.5 Å². The highest BCUT2D eigenvalue weighted by Crippen LogP contribution is 2.39. The van der Waals surface area contributed by atoms with Crippen LogP contribution in [0.5, 0.6) is 0 Å². The number of fused-ring (bicyclic) bond motifs is 2. The van der Waals surface area contributed by atoms with Crippen molar-refractivity contribution in [1.29, 1.82) is 0 Å². The van der Waals surface area contributed by atoms with E-state index in [0.717, 1.165) is 25.7 Å². The lowest BCUT2D eigenvalue weighted by molar-refractivity contribution is -0.384. The number of nitro benzene ring substituents is 1. The molecule has 1 aromatic carbocycles. The summed E-state index contributed by atoms with van der Waals surface area (Å²) in [6.07, 6.45) is 5.64. The van der Waals surface area contributed by atoms with Gasteiger partial charge in [0.05, 0.1) is 11.3 Å². The van der Waals surface area contributed by atoms with Gasteiger partial charge >= 0.3 is 0 Å². The molecular weight excluding hydrogens is 330 g/mol. The molecule has 0 aliphatic heterocycles. The molecule has 2 aliphatic rings. The Labute approximate surface area is 147 Å². The third-order valence-electron chi connectivity index (χ3n) is 5.19. The maximum atomic E-state index is 12.4. The summed E-state index contributed by atoms with van der Waals surface area (Å²) in [6.45, 7) is 0. The summed E-state index contributed by atoms with van der Waals surface area (Å²) in [7, 11) is 0. The molecule has 2 aliphatic carbocycles. The van der Waals surface area contributed by atoms with Gasteiger partial charge in [-0.15, -0.1) is 12.4 Å². The highest BCUT2D eigenvalue weighted by Gasteiger charge is 2.39. The van der Waals surface area contributed by atoms with E-state index in [4.69, 9.17) is 5.73 Å². The highest BCUT2D eigenvalue weighted by atomic mass is 35.5. The van der Waals surface area contributed by atoms with E-state index >= 15 is 0 Å². The average Bonchev–Trinajstić information content (AvgIpc) is 2.48. The predicted molar refractivity (Wildman–Crippen MR) is 94.0 cm³/mol. The summed E-state index contributed by atoms with van der Waals surface area (Å²) >= 11 is 0. The van der Waals surface area contributed by atoms with Gasteiger partial charge in [-0.3, -0.25) is 14.9 Å². The maximum absolute atomic E-state index is 12.4. The van der Waals surface area contributed by atoms with Gasteiger partial charge in [-0.2, -0.15) is 0 Å². The largest absolute Gasteiger partial charge is 0.353 e. The van der Waals surface area contributed by atoms with E-state index in [1.165, 1.54) is 18.6 Å². The Morgan fingerprint density at radius 3 is 2.58 bits per heavy atom. The Morgan fingerprint density at radius 1 is 1.29 bits per heavy atom. The van der Waals surface area contributed by atoms with E-state index in [2.05, 4.69) is 5.32 Å². The van der Waals surface area contributed by atoms with Crippen LogP contribution in [0.1, 0.15) is 37.7 Å². The van der Waals surface area contributed by atoms with Crippen LogP contribution in [0.4, 0.5) is 5.69 Å². The Morgan fingerprint density at radius 2 is 1.96 bits per heavy atom. The van der Waals surface area contributed by atoms with Crippen LogP contribution in [-0.2, 0) is 11.2 Å². The number of nitrogens with zero attached hydrogens (tertiary/aromatic N) is 1. The minimum Gasteiger partial charge on any atom is -0.353 e. The number of nitrogens with one attached hydrogen (secondary N) is 1. The molecule has 7 heteroatoms. The van der Waals surface area contributed by atoms with E-state index in [0.29, 0.717) is 17.4 Å². The number of amides is 1. The highest BCUT2D eigenvalue weighted by molar-refractivity contribution is 5.85. The number of rotatable bonds is 4. The molecule has 2 fully saturated rings. The zero-order chi connectivity index (χ0) is 16.4. The van der Waals surface area contributed by atoms with Crippen LogP contribution >= 0.6 is 12.4 Å². The lowest BCUT2D eigenvalue weighted by Crippen LogP contribution is -2.54. The fourth-order valence-corrected chi connectivity index (χ4v) is 4.23. The molecule has 3 N–H and O–H groups in total.